The second kappa shape index (κ2) is 12.0. The third-order valence-electron chi connectivity index (χ3n) is 5.77. The molecule has 1 aliphatic carbocycles. The van der Waals surface area contributed by atoms with Crippen molar-refractivity contribution in [2.45, 2.75) is 57.4 Å². The summed E-state index contributed by atoms with van der Waals surface area (Å²) in [6.07, 6.45) is 2.50. The normalized spacial score (nSPS) is 13.0. The number of carboxylic acid groups (broad SMARTS) is 1. The molecule has 0 fully saturated rings. The Morgan fingerprint density at radius 3 is 2.18 bits per heavy atom. The fourth-order valence-electron chi connectivity index (χ4n) is 4.12. The standard InChI is InChI=1S/C26H31NO6/c1-2-16-32-24(28)15-5-3-4-14-23(25(29)30)27-26(31)33-17-22-20-12-8-6-10-18(20)19-11-7-9-13-21(19)22/h6-13,22-23H,2-5,14-17H2,1H3,(H,27,31)(H,29,30)/t23-/m0/s1. The molecule has 2 N–H and O–H groups in total. The van der Waals surface area contributed by atoms with Gasteiger partial charge < -0.3 is 19.9 Å². The number of carboxylic acids is 1. The van der Waals surface area contributed by atoms with E-state index in [0.717, 1.165) is 28.7 Å². The number of hydrogen-bond donors (Lipinski definition) is 2. The van der Waals surface area contributed by atoms with E-state index in [1.165, 1.54) is 0 Å². The lowest BCUT2D eigenvalue weighted by Gasteiger charge is -2.17. The van der Waals surface area contributed by atoms with Crippen molar-refractivity contribution in [2.24, 2.45) is 0 Å². The zero-order chi connectivity index (χ0) is 23.6. The van der Waals surface area contributed by atoms with Gasteiger partial charge in [0, 0.05) is 12.3 Å². The lowest BCUT2D eigenvalue weighted by atomic mass is 9.98. The Morgan fingerprint density at radius 2 is 1.58 bits per heavy atom. The Balaban J connectivity index is 1.46. The molecule has 1 amide bonds. The molecule has 3 rings (SSSR count). The van der Waals surface area contributed by atoms with Crippen LogP contribution in [0.5, 0.6) is 0 Å². The Hall–Kier alpha value is -3.35. The molecule has 0 aromatic heterocycles. The van der Waals surface area contributed by atoms with Crippen LogP contribution in [0.3, 0.4) is 0 Å². The molecule has 0 heterocycles. The lowest BCUT2D eigenvalue weighted by molar-refractivity contribution is -0.144. The number of hydrogen-bond acceptors (Lipinski definition) is 5. The predicted octanol–water partition coefficient (Wildman–Crippen LogP) is 4.88. The van der Waals surface area contributed by atoms with Crippen molar-refractivity contribution < 1.29 is 29.0 Å². The number of nitrogens with one attached hydrogen (secondary N) is 1. The SMILES string of the molecule is CCCOC(=O)CCCCC[C@H](NC(=O)OCC1c2ccccc2-c2ccccc21)C(=O)O. The Kier molecular flexibility index (Phi) is 8.87. The van der Waals surface area contributed by atoms with E-state index >= 15 is 0 Å². The van der Waals surface area contributed by atoms with Gasteiger partial charge in [0.25, 0.3) is 0 Å². The first-order valence-electron chi connectivity index (χ1n) is 11.5. The summed E-state index contributed by atoms with van der Waals surface area (Å²) in [4.78, 5) is 35.4. The van der Waals surface area contributed by atoms with Crippen LogP contribution in [0, 0.1) is 0 Å². The predicted molar refractivity (Wildman–Crippen MR) is 124 cm³/mol. The van der Waals surface area contributed by atoms with Crippen LogP contribution < -0.4 is 5.32 Å². The first-order valence-corrected chi connectivity index (χ1v) is 11.5. The van der Waals surface area contributed by atoms with Crippen LogP contribution in [-0.4, -0.2) is 42.4 Å². The smallest absolute Gasteiger partial charge is 0.407 e. The van der Waals surface area contributed by atoms with E-state index < -0.39 is 18.1 Å². The summed E-state index contributed by atoms with van der Waals surface area (Å²) in [6.45, 7) is 2.49. The maximum Gasteiger partial charge on any atom is 0.407 e. The second-order valence-corrected chi connectivity index (χ2v) is 8.18. The summed E-state index contributed by atoms with van der Waals surface area (Å²) in [5.41, 5.74) is 4.45. The van der Waals surface area contributed by atoms with Crippen LogP contribution in [0.15, 0.2) is 48.5 Å². The van der Waals surface area contributed by atoms with Gasteiger partial charge in [-0.05, 0) is 41.5 Å². The van der Waals surface area contributed by atoms with Crippen molar-refractivity contribution >= 4 is 18.0 Å². The topological polar surface area (TPSA) is 102 Å². The van der Waals surface area contributed by atoms with Gasteiger partial charge >= 0.3 is 18.0 Å². The van der Waals surface area contributed by atoms with Gasteiger partial charge in [-0.1, -0.05) is 68.3 Å². The molecule has 33 heavy (non-hydrogen) atoms. The van der Waals surface area contributed by atoms with Gasteiger partial charge in [-0.15, -0.1) is 0 Å². The summed E-state index contributed by atoms with van der Waals surface area (Å²) in [7, 11) is 0. The highest BCUT2D eigenvalue weighted by Gasteiger charge is 2.29. The van der Waals surface area contributed by atoms with Crippen molar-refractivity contribution in [3.8, 4) is 11.1 Å². The molecule has 0 spiro atoms. The number of carbonyl (C=O) groups excluding carboxylic acids is 2. The summed E-state index contributed by atoms with van der Waals surface area (Å²) in [5, 5.41) is 11.9. The maximum absolute atomic E-state index is 12.4. The second-order valence-electron chi connectivity index (χ2n) is 8.18. The average molecular weight is 454 g/mol. The van der Waals surface area contributed by atoms with Crippen LogP contribution in [0.25, 0.3) is 11.1 Å². The van der Waals surface area contributed by atoms with Crippen molar-refractivity contribution in [3.05, 3.63) is 59.7 Å². The largest absolute Gasteiger partial charge is 0.480 e. The van der Waals surface area contributed by atoms with Gasteiger partial charge in [-0.25, -0.2) is 9.59 Å². The third kappa shape index (κ3) is 6.57. The number of aliphatic carboxylic acids is 1. The molecule has 1 atom stereocenters. The Bertz CT molecular complexity index is 927. The van der Waals surface area contributed by atoms with Gasteiger partial charge in [0.05, 0.1) is 6.61 Å². The molecule has 0 bridgehead atoms. The maximum atomic E-state index is 12.4. The highest BCUT2D eigenvalue weighted by molar-refractivity contribution is 5.81. The molecular weight excluding hydrogens is 422 g/mol. The highest BCUT2D eigenvalue weighted by atomic mass is 16.5. The number of benzene rings is 2. The number of ether oxygens (including phenoxy) is 2. The first-order chi connectivity index (χ1) is 16.0. The van der Waals surface area contributed by atoms with Gasteiger partial charge in [0.15, 0.2) is 0 Å². The Labute approximate surface area is 194 Å². The minimum absolute atomic E-state index is 0.0844. The molecule has 2 aromatic carbocycles. The summed E-state index contributed by atoms with van der Waals surface area (Å²) < 4.78 is 10.5. The molecule has 2 aromatic rings. The highest BCUT2D eigenvalue weighted by Crippen LogP contribution is 2.44. The molecule has 7 heteroatoms. The molecule has 1 aliphatic rings. The van der Waals surface area contributed by atoms with Crippen LogP contribution in [0.4, 0.5) is 4.79 Å². The van der Waals surface area contributed by atoms with Crippen LogP contribution in [-0.2, 0) is 19.1 Å². The molecule has 0 unspecified atom stereocenters. The fraction of sp³-hybridized carbons (Fsp3) is 0.423. The van der Waals surface area contributed by atoms with E-state index in [9.17, 15) is 19.5 Å². The van der Waals surface area contributed by atoms with E-state index in [-0.39, 0.29) is 24.9 Å². The lowest BCUT2D eigenvalue weighted by Crippen LogP contribution is -2.41. The summed E-state index contributed by atoms with van der Waals surface area (Å²) >= 11 is 0. The molecule has 0 saturated heterocycles. The Morgan fingerprint density at radius 1 is 0.939 bits per heavy atom. The zero-order valence-electron chi connectivity index (χ0n) is 18.9. The minimum atomic E-state index is -1.11. The van der Waals surface area contributed by atoms with E-state index in [2.05, 4.69) is 17.4 Å². The number of fused-ring (bicyclic) bond motifs is 3. The van der Waals surface area contributed by atoms with Crippen molar-refractivity contribution in [1.82, 2.24) is 5.32 Å². The number of unbranched alkanes of at least 4 members (excludes halogenated alkanes) is 2. The average Bonchev–Trinajstić information content (AvgIpc) is 3.14. The van der Waals surface area contributed by atoms with Crippen LogP contribution in [0.1, 0.15) is 62.5 Å². The molecule has 7 nitrogen and oxygen atoms in total. The summed E-state index contributed by atoms with van der Waals surface area (Å²) in [6, 6.07) is 15.0. The number of alkyl carbamates (subject to hydrolysis) is 1. The van der Waals surface area contributed by atoms with E-state index in [1.807, 2.05) is 43.3 Å². The molecular formula is C26H31NO6. The molecule has 176 valence electrons. The van der Waals surface area contributed by atoms with E-state index in [4.69, 9.17) is 9.47 Å². The van der Waals surface area contributed by atoms with Gasteiger partial charge in [-0.2, -0.15) is 0 Å². The van der Waals surface area contributed by atoms with Gasteiger partial charge in [-0.3, -0.25) is 4.79 Å². The minimum Gasteiger partial charge on any atom is -0.480 e. The number of carbonyl (C=O) groups is 3. The van der Waals surface area contributed by atoms with Crippen molar-refractivity contribution in [2.75, 3.05) is 13.2 Å². The van der Waals surface area contributed by atoms with Crippen molar-refractivity contribution in [1.29, 1.82) is 0 Å². The number of amides is 1. The monoisotopic (exact) mass is 453 g/mol. The van der Waals surface area contributed by atoms with Gasteiger partial charge in [0.2, 0.25) is 0 Å². The summed E-state index contributed by atoms with van der Waals surface area (Å²) in [5.74, 6) is -1.42. The van der Waals surface area contributed by atoms with E-state index in [0.29, 0.717) is 32.3 Å². The number of rotatable bonds is 12. The molecule has 0 radical (unpaired) electrons. The fourth-order valence-corrected chi connectivity index (χ4v) is 4.12. The quantitative estimate of drug-likeness (QED) is 0.351. The third-order valence-corrected chi connectivity index (χ3v) is 5.77. The van der Waals surface area contributed by atoms with Gasteiger partial charge in [0.1, 0.15) is 12.6 Å². The molecule has 0 saturated carbocycles. The van der Waals surface area contributed by atoms with Crippen molar-refractivity contribution in [3.63, 3.8) is 0 Å². The molecule has 0 aliphatic heterocycles. The zero-order valence-corrected chi connectivity index (χ0v) is 18.9. The van der Waals surface area contributed by atoms with Crippen LogP contribution in [0.2, 0.25) is 0 Å². The first kappa shape index (κ1) is 24.3. The van der Waals surface area contributed by atoms with Crippen LogP contribution >= 0.6 is 0 Å². The van der Waals surface area contributed by atoms with E-state index in [1.54, 1.807) is 0 Å². The number of esters is 1.